The van der Waals surface area contributed by atoms with Crippen LogP contribution in [0.1, 0.15) is 44.0 Å². The summed E-state index contributed by atoms with van der Waals surface area (Å²) in [6, 6.07) is 1.69. The Labute approximate surface area is 142 Å². The topological polar surface area (TPSA) is 67.4 Å². The number of carbonyl (C=O) groups excluding carboxylic acids is 1. The van der Waals surface area contributed by atoms with Crippen molar-refractivity contribution >= 4 is 11.7 Å². The fourth-order valence-corrected chi connectivity index (χ4v) is 3.31. The molecule has 6 nitrogen and oxygen atoms in total. The molecule has 1 saturated carbocycles. The van der Waals surface area contributed by atoms with Crippen LogP contribution >= 0.6 is 0 Å². The van der Waals surface area contributed by atoms with Gasteiger partial charge >= 0.3 is 0 Å². The van der Waals surface area contributed by atoms with Gasteiger partial charge in [0.15, 0.2) is 5.82 Å². The number of aromatic nitrogens is 2. The van der Waals surface area contributed by atoms with Gasteiger partial charge in [0.05, 0.1) is 13.2 Å². The lowest BCUT2D eigenvalue weighted by Crippen LogP contribution is -2.44. The predicted octanol–water partition coefficient (Wildman–Crippen LogP) is 2.31. The highest BCUT2D eigenvalue weighted by Crippen LogP contribution is 2.30. The molecule has 3 aliphatic rings. The van der Waals surface area contributed by atoms with Gasteiger partial charge < -0.3 is 15.0 Å². The molecule has 1 amide bonds. The lowest BCUT2D eigenvalue weighted by atomic mass is 10.1. The summed E-state index contributed by atoms with van der Waals surface area (Å²) in [5.74, 6) is 2.42. The third-order valence-corrected chi connectivity index (χ3v) is 4.95. The van der Waals surface area contributed by atoms with E-state index in [-0.39, 0.29) is 11.9 Å². The number of hydrogen-bond donors (Lipinski definition) is 1. The zero-order valence-electron chi connectivity index (χ0n) is 13.9. The second-order valence-corrected chi connectivity index (χ2v) is 6.84. The van der Waals surface area contributed by atoms with Crippen molar-refractivity contribution in [3.8, 4) is 0 Å². The summed E-state index contributed by atoms with van der Waals surface area (Å²) in [7, 11) is 0. The van der Waals surface area contributed by atoms with E-state index in [9.17, 15) is 4.79 Å². The van der Waals surface area contributed by atoms with Gasteiger partial charge in [0.1, 0.15) is 11.9 Å². The minimum absolute atomic E-state index is 0.126. The summed E-state index contributed by atoms with van der Waals surface area (Å²) in [5, 5.41) is 3.38. The fraction of sp³-hybridized carbons (Fsp3) is 0.611. The summed E-state index contributed by atoms with van der Waals surface area (Å²) >= 11 is 0. The monoisotopic (exact) mass is 328 g/mol. The maximum Gasteiger partial charge on any atom is 0.250 e. The summed E-state index contributed by atoms with van der Waals surface area (Å²) in [6.45, 7) is 2.61. The summed E-state index contributed by atoms with van der Waals surface area (Å²) < 4.78 is 5.61. The lowest BCUT2D eigenvalue weighted by Gasteiger charge is -2.35. The average Bonchev–Trinajstić information content (AvgIpc) is 3.31. The van der Waals surface area contributed by atoms with Crippen molar-refractivity contribution in [3.05, 3.63) is 29.7 Å². The number of anilines is 1. The number of ether oxygens (including phenoxy) is 1. The van der Waals surface area contributed by atoms with Gasteiger partial charge in [-0.15, -0.1) is 0 Å². The van der Waals surface area contributed by atoms with E-state index in [0.29, 0.717) is 25.6 Å². The van der Waals surface area contributed by atoms with Gasteiger partial charge in [0.25, 0.3) is 0 Å². The van der Waals surface area contributed by atoms with Gasteiger partial charge in [-0.1, -0.05) is 6.08 Å². The van der Waals surface area contributed by atoms with E-state index < -0.39 is 0 Å². The Morgan fingerprint density at radius 2 is 2.33 bits per heavy atom. The smallest absolute Gasteiger partial charge is 0.250 e. The minimum atomic E-state index is -0.199. The molecule has 0 aromatic carbocycles. The fourth-order valence-electron chi connectivity index (χ4n) is 3.31. The number of hydrogen-bond acceptors (Lipinski definition) is 5. The molecule has 128 valence electrons. The molecule has 4 rings (SSSR count). The zero-order chi connectivity index (χ0) is 16.4. The van der Waals surface area contributed by atoms with Crippen molar-refractivity contribution in [2.45, 2.75) is 38.1 Å². The Hall–Kier alpha value is -1.95. The zero-order valence-corrected chi connectivity index (χ0v) is 13.9. The Kier molecular flexibility index (Phi) is 4.47. The van der Waals surface area contributed by atoms with Gasteiger partial charge in [-0.25, -0.2) is 9.97 Å². The molecule has 2 fully saturated rings. The molecule has 2 heterocycles. The first-order valence-electron chi connectivity index (χ1n) is 8.96. The Morgan fingerprint density at radius 3 is 3.12 bits per heavy atom. The third-order valence-electron chi connectivity index (χ3n) is 4.95. The molecular formula is C18H24N4O2. The normalized spacial score (nSPS) is 23.9. The van der Waals surface area contributed by atoms with Crippen LogP contribution < -0.4 is 5.32 Å². The van der Waals surface area contributed by atoms with Crippen LogP contribution in [0, 0.1) is 5.92 Å². The van der Waals surface area contributed by atoms with Crippen molar-refractivity contribution in [3.63, 3.8) is 0 Å². The molecule has 1 aliphatic heterocycles. The number of carbonyl (C=O) groups is 1. The lowest BCUT2D eigenvalue weighted by molar-refractivity contribution is -0.136. The van der Waals surface area contributed by atoms with Crippen LogP contribution in [0.25, 0.3) is 0 Å². The van der Waals surface area contributed by atoms with Crippen LogP contribution in [0.2, 0.25) is 0 Å². The second kappa shape index (κ2) is 6.89. The first-order chi connectivity index (χ1) is 11.8. The Morgan fingerprint density at radius 1 is 1.42 bits per heavy atom. The van der Waals surface area contributed by atoms with Crippen molar-refractivity contribution < 1.29 is 9.53 Å². The molecule has 1 atom stereocenters. The Bertz CT molecular complexity index is 642. The molecule has 0 spiro atoms. The van der Waals surface area contributed by atoms with Crippen LogP contribution in [-0.2, 0) is 9.53 Å². The van der Waals surface area contributed by atoms with E-state index in [4.69, 9.17) is 4.74 Å². The summed E-state index contributed by atoms with van der Waals surface area (Å²) in [4.78, 5) is 23.8. The molecule has 24 heavy (non-hydrogen) atoms. The van der Waals surface area contributed by atoms with Crippen molar-refractivity contribution in [1.29, 1.82) is 0 Å². The SMILES string of the molecule is O=C(C1=CCCC1)N1CCOCC1c1nccc(NCC2CC2)n1. The van der Waals surface area contributed by atoms with E-state index >= 15 is 0 Å². The van der Waals surface area contributed by atoms with Gasteiger partial charge in [-0.3, -0.25) is 4.79 Å². The van der Waals surface area contributed by atoms with E-state index in [1.54, 1.807) is 6.20 Å². The number of nitrogens with one attached hydrogen (secondary N) is 1. The minimum Gasteiger partial charge on any atom is -0.377 e. The highest BCUT2D eigenvalue weighted by atomic mass is 16.5. The highest BCUT2D eigenvalue weighted by Gasteiger charge is 2.32. The predicted molar refractivity (Wildman–Crippen MR) is 90.5 cm³/mol. The van der Waals surface area contributed by atoms with E-state index in [1.807, 2.05) is 11.0 Å². The number of morpholine rings is 1. The number of rotatable bonds is 5. The van der Waals surface area contributed by atoms with Crippen molar-refractivity contribution in [2.24, 2.45) is 5.92 Å². The molecule has 1 aromatic heterocycles. The number of nitrogens with zero attached hydrogens (tertiary/aromatic N) is 3. The maximum atomic E-state index is 12.8. The van der Waals surface area contributed by atoms with Gasteiger partial charge in [0.2, 0.25) is 5.91 Å². The molecule has 6 heteroatoms. The van der Waals surface area contributed by atoms with E-state index in [2.05, 4.69) is 21.4 Å². The maximum absolute atomic E-state index is 12.8. The first-order valence-corrected chi connectivity index (χ1v) is 8.96. The first kappa shape index (κ1) is 15.6. The second-order valence-electron chi connectivity index (χ2n) is 6.84. The largest absolute Gasteiger partial charge is 0.377 e. The van der Waals surface area contributed by atoms with Gasteiger partial charge in [-0.05, 0) is 44.1 Å². The van der Waals surface area contributed by atoms with Crippen LogP contribution in [0.3, 0.4) is 0 Å². The molecule has 0 bridgehead atoms. The third kappa shape index (κ3) is 3.43. The van der Waals surface area contributed by atoms with Crippen LogP contribution in [-0.4, -0.2) is 47.1 Å². The van der Waals surface area contributed by atoms with Crippen LogP contribution in [0.5, 0.6) is 0 Å². The summed E-state index contributed by atoms with van der Waals surface area (Å²) in [5.41, 5.74) is 0.935. The van der Waals surface area contributed by atoms with E-state index in [1.165, 1.54) is 12.8 Å². The average molecular weight is 328 g/mol. The quantitative estimate of drug-likeness (QED) is 0.898. The highest BCUT2D eigenvalue weighted by molar-refractivity contribution is 5.94. The standard InChI is InChI=1S/C18H24N4O2/c23-18(14-3-1-2-4-14)22-9-10-24-12-15(22)17-19-8-7-16(21-17)20-11-13-5-6-13/h3,7-8,13,15H,1-2,4-6,9-12H2,(H,19,20,21). The molecular weight excluding hydrogens is 304 g/mol. The van der Waals surface area contributed by atoms with Crippen molar-refractivity contribution in [2.75, 3.05) is 31.6 Å². The number of allylic oxidation sites excluding steroid dienone is 1. The summed E-state index contributed by atoms with van der Waals surface area (Å²) in [6.07, 6.45) is 9.41. The van der Waals surface area contributed by atoms with Crippen LogP contribution in [0.4, 0.5) is 5.82 Å². The molecule has 2 aliphatic carbocycles. The molecule has 0 radical (unpaired) electrons. The van der Waals surface area contributed by atoms with Crippen molar-refractivity contribution in [1.82, 2.24) is 14.9 Å². The molecule has 1 N–H and O–H groups in total. The molecule has 1 saturated heterocycles. The van der Waals surface area contributed by atoms with Crippen LogP contribution in [0.15, 0.2) is 23.9 Å². The molecule has 1 aromatic rings. The van der Waals surface area contributed by atoms with Gasteiger partial charge in [0, 0.05) is 24.9 Å². The Balaban J connectivity index is 1.51. The van der Waals surface area contributed by atoms with Gasteiger partial charge in [-0.2, -0.15) is 0 Å². The van der Waals surface area contributed by atoms with E-state index in [0.717, 1.165) is 43.1 Å². The molecule has 1 unspecified atom stereocenters. The number of amides is 1.